The van der Waals surface area contributed by atoms with Gasteiger partial charge in [-0.15, -0.1) is 0 Å². The average molecular weight is 375 g/mol. The molecule has 2 N–H and O–H groups in total. The zero-order valence-electron chi connectivity index (χ0n) is 15.0. The number of carboxylic acids is 1. The second kappa shape index (κ2) is 10.4. The maximum Gasteiger partial charge on any atom is 0.335 e. The van der Waals surface area contributed by atoms with Crippen LogP contribution in [-0.4, -0.2) is 36.8 Å². The number of amides is 1. The first-order chi connectivity index (χ1) is 13.0. The third-order valence-electron chi connectivity index (χ3n) is 3.75. The number of halogens is 1. The van der Waals surface area contributed by atoms with E-state index in [1.807, 2.05) is 31.2 Å². The number of hydrogen-bond donors (Lipinski definition) is 2. The molecule has 2 aromatic rings. The van der Waals surface area contributed by atoms with E-state index < -0.39 is 17.7 Å². The Bertz CT molecular complexity index is 794. The van der Waals surface area contributed by atoms with Gasteiger partial charge in [0.05, 0.1) is 30.9 Å². The van der Waals surface area contributed by atoms with Gasteiger partial charge in [-0.3, -0.25) is 4.79 Å². The third-order valence-corrected chi connectivity index (χ3v) is 3.75. The second-order valence-electron chi connectivity index (χ2n) is 5.75. The van der Waals surface area contributed by atoms with Crippen molar-refractivity contribution in [2.24, 2.45) is 0 Å². The van der Waals surface area contributed by atoms with Gasteiger partial charge < -0.3 is 19.9 Å². The summed E-state index contributed by atoms with van der Waals surface area (Å²) in [6.07, 6.45) is 0. The van der Waals surface area contributed by atoms with E-state index in [2.05, 4.69) is 5.32 Å². The quantitative estimate of drug-likeness (QED) is 0.624. The summed E-state index contributed by atoms with van der Waals surface area (Å²) in [5, 5.41) is 11.5. The average Bonchev–Trinajstić information content (AvgIpc) is 2.66. The normalized spacial score (nSPS) is 10.6. The van der Waals surface area contributed by atoms with E-state index in [0.717, 1.165) is 23.3 Å². The summed E-state index contributed by atoms with van der Waals surface area (Å²) < 4.78 is 24.6. The van der Waals surface area contributed by atoms with Crippen LogP contribution in [0.15, 0.2) is 42.5 Å². The van der Waals surface area contributed by atoms with Gasteiger partial charge in [0.2, 0.25) is 0 Å². The summed E-state index contributed by atoms with van der Waals surface area (Å²) in [6.45, 7) is 4.26. The van der Waals surface area contributed by atoms with Gasteiger partial charge in [0.1, 0.15) is 5.82 Å². The minimum Gasteiger partial charge on any atom is -0.478 e. The summed E-state index contributed by atoms with van der Waals surface area (Å²) in [5.74, 6) is -2.73. The molecule has 0 saturated heterocycles. The molecule has 0 spiro atoms. The molecule has 0 atom stereocenters. The minimum absolute atomic E-state index is 0.199. The minimum atomic E-state index is -1.25. The van der Waals surface area contributed by atoms with Crippen molar-refractivity contribution in [3.8, 4) is 0 Å². The van der Waals surface area contributed by atoms with Crippen LogP contribution in [0.2, 0.25) is 0 Å². The standard InChI is InChI=1S/C20H22FNO5/c1-2-26-8-9-27-13-15-5-3-4-14(10-15)12-22-19(23)17-7-6-16(20(24)25)11-18(17)21/h3-7,10-11H,2,8-9,12-13H2,1H3,(H,22,23)(H,24,25). The second-order valence-corrected chi connectivity index (χ2v) is 5.75. The molecule has 0 aliphatic carbocycles. The van der Waals surface area contributed by atoms with Crippen LogP contribution >= 0.6 is 0 Å². The Morgan fingerprint density at radius 2 is 1.81 bits per heavy atom. The Kier molecular flexibility index (Phi) is 7.91. The number of benzene rings is 2. The molecule has 0 unspecified atom stereocenters. The Labute approximate surface area is 156 Å². The number of ether oxygens (including phenoxy) is 2. The number of hydrogen-bond acceptors (Lipinski definition) is 4. The molecule has 0 bridgehead atoms. The Morgan fingerprint density at radius 1 is 1.07 bits per heavy atom. The third kappa shape index (κ3) is 6.47. The smallest absolute Gasteiger partial charge is 0.335 e. The summed E-state index contributed by atoms with van der Waals surface area (Å²) in [6, 6.07) is 10.7. The molecule has 0 aliphatic rings. The molecule has 2 rings (SSSR count). The van der Waals surface area contributed by atoms with Gasteiger partial charge in [-0.05, 0) is 36.2 Å². The van der Waals surface area contributed by atoms with Crippen LogP contribution in [0.5, 0.6) is 0 Å². The maximum absolute atomic E-state index is 13.9. The largest absolute Gasteiger partial charge is 0.478 e. The lowest BCUT2D eigenvalue weighted by atomic mass is 10.1. The van der Waals surface area contributed by atoms with E-state index >= 15 is 0 Å². The fraction of sp³-hybridized carbons (Fsp3) is 0.300. The van der Waals surface area contributed by atoms with Gasteiger partial charge in [0.15, 0.2) is 0 Å². The molecule has 6 nitrogen and oxygen atoms in total. The topological polar surface area (TPSA) is 84.9 Å². The highest BCUT2D eigenvalue weighted by atomic mass is 19.1. The Morgan fingerprint density at radius 3 is 2.52 bits per heavy atom. The van der Waals surface area contributed by atoms with Gasteiger partial charge in [0, 0.05) is 13.2 Å². The monoisotopic (exact) mass is 375 g/mol. The van der Waals surface area contributed by atoms with Crippen molar-refractivity contribution < 1.29 is 28.6 Å². The molecule has 0 radical (unpaired) electrons. The van der Waals surface area contributed by atoms with Crippen LogP contribution < -0.4 is 5.32 Å². The van der Waals surface area contributed by atoms with Crippen LogP contribution in [0.3, 0.4) is 0 Å². The predicted molar refractivity (Wildman–Crippen MR) is 97.1 cm³/mol. The van der Waals surface area contributed by atoms with E-state index in [1.54, 1.807) is 0 Å². The van der Waals surface area contributed by atoms with E-state index in [1.165, 1.54) is 6.07 Å². The fourth-order valence-corrected chi connectivity index (χ4v) is 2.39. The van der Waals surface area contributed by atoms with E-state index in [-0.39, 0.29) is 17.7 Å². The molecule has 0 aliphatic heterocycles. The number of aromatic carboxylic acids is 1. The van der Waals surface area contributed by atoms with Crippen LogP contribution in [0.1, 0.15) is 38.8 Å². The number of rotatable bonds is 10. The van der Waals surface area contributed by atoms with E-state index in [9.17, 15) is 14.0 Å². The van der Waals surface area contributed by atoms with Gasteiger partial charge >= 0.3 is 5.97 Å². The molecule has 27 heavy (non-hydrogen) atoms. The molecule has 0 fully saturated rings. The lowest BCUT2D eigenvalue weighted by Gasteiger charge is -2.09. The fourth-order valence-electron chi connectivity index (χ4n) is 2.39. The SMILES string of the molecule is CCOCCOCc1cccc(CNC(=O)c2ccc(C(=O)O)cc2F)c1. The number of nitrogens with one attached hydrogen (secondary N) is 1. The molecule has 0 heterocycles. The lowest BCUT2D eigenvalue weighted by molar-refractivity contribution is 0.0453. The summed E-state index contributed by atoms with van der Waals surface area (Å²) in [5.41, 5.74) is 1.39. The van der Waals surface area contributed by atoms with E-state index in [0.29, 0.717) is 26.4 Å². The molecule has 2 aromatic carbocycles. The number of carboxylic acid groups (broad SMARTS) is 1. The van der Waals surface area contributed by atoms with E-state index in [4.69, 9.17) is 14.6 Å². The van der Waals surface area contributed by atoms with Crippen molar-refractivity contribution in [3.63, 3.8) is 0 Å². The Hall–Kier alpha value is -2.77. The highest BCUT2D eigenvalue weighted by molar-refractivity contribution is 5.96. The molecule has 0 saturated carbocycles. The maximum atomic E-state index is 13.9. The zero-order chi connectivity index (χ0) is 19.6. The zero-order valence-corrected chi connectivity index (χ0v) is 15.0. The van der Waals surface area contributed by atoms with Gasteiger partial charge in [0.25, 0.3) is 5.91 Å². The molecular weight excluding hydrogens is 353 g/mol. The van der Waals surface area contributed by atoms with Crippen molar-refractivity contribution in [2.45, 2.75) is 20.1 Å². The predicted octanol–water partition coefficient (Wildman–Crippen LogP) is 3.01. The van der Waals surface area contributed by atoms with Crippen molar-refractivity contribution in [1.29, 1.82) is 0 Å². The lowest BCUT2D eigenvalue weighted by Crippen LogP contribution is -2.24. The molecule has 1 amide bonds. The molecule has 7 heteroatoms. The molecule has 0 aromatic heterocycles. The number of carbonyl (C=O) groups excluding carboxylic acids is 1. The van der Waals surface area contributed by atoms with Gasteiger partial charge in [-0.1, -0.05) is 24.3 Å². The first-order valence-corrected chi connectivity index (χ1v) is 8.55. The highest BCUT2D eigenvalue weighted by Gasteiger charge is 2.14. The van der Waals surface area contributed by atoms with Gasteiger partial charge in [-0.25, -0.2) is 9.18 Å². The van der Waals surface area contributed by atoms with Crippen molar-refractivity contribution in [2.75, 3.05) is 19.8 Å². The first kappa shape index (κ1) is 20.5. The highest BCUT2D eigenvalue weighted by Crippen LogP contribution is 2.12. The van der Waals surface area contributed by atoms with Crippen LogP contribution in [0, 0.1) is 5.82 Å². The van der Waals surface area contributed by atoms with Crippen LogP contribution in [-0.2, 0) is 22.6 Å². The first-order valence-electron chi connectivity index (χ1n) is 8.55. The summed E-state index contributed by atoms with van der Waals surface area (Å²) in [4.78, 5) is 23.0. The van der Waals surface area contributed by atoms with Crippen LogP contribution in [0.25, 0.3) is 0 Å². The molecular formula is C20H22FNO5. The van der Waals surface area contributed by atoms with Crippen LogP contribution in [0.4, 0.5) is 4.39 Å². The van der Waals surface area contributed by atoms with Crippen molar-refractivity contribution in [1.82, 2.24) is 5.32 Å². The van der Waals surface area contributed by atoms with Crippen molar-refractivity contribution >= 4 is 11.9 Å². The van der Waals surface area contributed by atoms with Gasteiger partial charge in [-0.2, -0.15) is 0 Å². The Balaban J connectivity index is 1.89. The summed E-state index contributed by atoms with van der Waals surface area (Å²) in [7, 11) is 0. The number of carbonyl (C=O) groups is 2. The molecule has 144 valence electrons. The summed E-state index contributed by atoms with van der Waals surface area (Å²) >= 11 is 0. The van der Waals surface area contributed by atoms with Crippen molar-refractivity contribution in [3.05, 3.63) is 70.5 Å².